The van der Waals surface area contributed by atoms with Crippen molar-refractivity contribution in [1.82, 2.24) is 9.80 Å². The van der Waals surface area contributed by atoms with Crippen molar-refractivity contribution in [3.05, 3.63) is 70.8 Å². The van der Waals surface area contributed by atoms with E-state index in [0.717, 1.165) is 31.6 Å². The fourth-order valence-electron chi connectivity index (χ4n) is 3.69. The van der Waals surface area contributed by atoms with Crippen LogP contribution in [-0.2, 0) is 19.1 Å². The zero-order chi connectivity index (χ0) is 18.3. The molecule has 2 aromatic rings. The van der Waals surface area contributed by atoms with Gasteiger partial charge in [0, 0.05) is 37.8 Å². The van der Waals surface area contributed by atoms with Crippen molar-refractivity contribution in [3.63, 3.8) is 0 Å². The molecule has 2 aromatic carbocycles. The lowest BCUT2D eigenvalue weighted by Gasteiger charge is -2.47. The fourth-order valence-corrected chi connectivity index (χ4v) is 3.69. The number of halogens is 4. The van der Waals surface area contributed by atoms with E-state index < -0.39 is 11.7 Å². The van der Waals surface area contributed by atoms with Gasteiger partial charge in [0.2, 0.25) is 0 Å². The van der Waals surface area contributed by atoms with Crippen LogP contribution in [0, 0.1) is 0 Å². The van der Waals surface area contributed by atoms with Crippen molar-refractivity contribution in [2.24, 2.45) is 0 Å². The number of alkyl halides is 3. The topological polar surface area (TPSA) is 23.6 Å². The summed E-state index contributed by atoms with van der Waals surface area (Å²) in [6, 6.07) is 13.3. The molecular formula is C20H20ClF3N2O. The van der Waals surface area contributed by atoms with Crippen LogP contribution in [0.5, 0.6) is 0 Å². The van der Waals surface area contributed by atoms with Gasteiger partial charge in [-0.3, -0.25) is 9.69 Å². The van der Waals surface area contributed by atoms with E-state index in [0.29, 0.717) is 13.1 Å². The minimum absolute atomic E-state index is 0. The highest BCUT2D eigenvalue weighted by atomic mass is 35.5. The summed E-state index contributed by atoms with van der Waals surface area (Å²) < 4.78 is 38.5. The average molecular weight is 397 g/mol. The number of hydrogen-bond acceptors (Lipinski definition) is 2. The van der Waals surface area contributed by atoms with Crippen molar-refractivity contribution in [2.75, 3.05) is 19.6 Å². The predicted molar refractivity (Wildman–Crippen MR) is 98.9 cm³/mol. The zero-order valence-corrected chi connectivity index (χ0v) is 15.4. The molecule has 0 atom stereocenters. The average Bonchev–Trinajstić information content (AvgIpc) is 2.59. The molecule has 0 bridgehead atoms. The van der Waals surface area contributed by atoms with Crippen LogP contribution in [-0.4, -0.2) is 41.4 Å². The van der Waals surface area contributed by atoms with Crippen LogP contribution in [0.4, 0.5) is 13.2 Å². The van der Waals surface area contributed by atoms with Crippen molar-refractivity contribution in [3.8, 4) is 0 Å². The molecule has 3 nitrogen and oxygen atoms in total. The second kappa shape index (κ2) is 7.52. The van der Waals surface area contributed by atoms with E-state index in [2.05, 4.69) is 17.0 Å². The normalized spacial score (nSPS) is 17.7. The lowest BCUT2D eigenvalue weighted by atomic mass is 9.96. The third-order valence-electron chi connectivity index (χ3n) is 5.26. The minimum Gasteiger partial charge on any atom is -0.335 e. The Morgan fingerprint density at radius 2 is 1.70 bits per heavy atom. The molecule has 0 N–H and O–H groups in total. The third kappa shape index (κ3) is 3.96. The molecule has 1 amide bonds. The Labute approximate surface area is 162 Å². The number of rotatable bonds is 2. The van der Waals surface area contributed by atoms with Gasteiger partial charge in [0.1, 0.15) is 0 Å². The summed E-state index contributed by atoms with van der Waals surface area (Å²) in [5, 5.41) is 0. The van der Waals surface area contributed by atoms with Gasteiger partial charge in [-0.1, -0.05) is 30.3 Å². The third-order valence-corrected chi connectivity index (χ3v) is 5.26. The first-order valence-electron chi connectivity index (χ1n) is 8.69. The molecule has 0 aliphatic carbocycles. The monoisotopic (exact) mass is 396 g/mol. The summed E-state index contributed by atoms with van der Waals surface area (Å²) in [5.74, 6) is -0.329. The van der Waals surface area contributed by atoms with Crippen LogP contribution in [0.1, 0.15) is 27.0 Å². The molecule has 7 heteroatoms. The first-order valence-corrected chi connectivity index (χ1v) is 8.69. The van der Waals surface area contributed by atoms with Gasteiger partial charge in [-0.25, -0.2) is 0 Å². The molecule has 0 aromatic heterocycles. The lowest BCUT2D eigenvalue weighted by Crippen LogP contribution is -2.61. The maximum absolute atomic E-state index is 12.8. The number of likely N-dealkylation sites (tertiary alicyclic amines) is 1. The first-order chi connectivity index (χ1) is 12.4. The van der Waals surface area contributed by atoms with Crippen LogP contribution < -0.4 is 0 Å². The van der Waals surface area contributed by atoms with Crippen LogP contribution in [0.3, 0.4) is 0 Å². The van der Waals surface area contributed by atoms with Gasteiger partial charge in [-0.15, -0.1) is 12.4 Å². The Morgan fingerprint density at radius 3 is 2.41 bits per heavy atom. The fraction of sp³-hybridized carbons (Fsp3) is 0.350. The molecule has 1 fully saturated rings. The van der Waals surface area contributed by atoms with E-state index in [1.807, 2.05) is 12.1 Å². The largest absolute Gasteiger partial charge is 0.416 e. The summed E-state index contributed by atoms with van der Waals surface area (Å²) >= 11 is 0. The van der Waals surface area contributed by atoms with Crippen LogP contribution in [0.25, 0.3) is 0 Å². The van der Waals surface area contributed by atoms with Gasteiger partial charge in [0.05, 0.1) is 5.56 Å². The van der Waals surface area contributed by atoms with E-state index in [9.17, 15) is 18.0 Å². The molecule has 4 rings (SSSR count). The molecule has 0 spiro atoms. The zero-order valence-electron chi connectivity index (χ0n) is 14.6. The summed E-state index contributed by atoms with van der Waals surface area (Å²) in [7, 11) is 0. The standard InChI is InChI=1S/C20H19F3N2O.ClH/c21-20(22,23)17-7-3-6-15(10-17)19(26)25-12-18(13-25)24-9-8-14-4-1-2-5-16(14)11-24;/h1-7,10,18H,8-9,11-13H2;1H. The van der Waals surface area contributed by atoms with Crippen LogP contribution in [0.15, 0.2) is 48.5 Å². The smallest absolute Gasteiger partial charge is 0.335 e. The SMILES string of the molecule is Cl.O=C(c1cccc(C(F)(F)F)c1)N1CC(N2CCc3ccccc3C2)C1. The number of carbonyl (C=O) groups excluding carboxylic acids is 1. The highest BCUT2D eigenvalue weighted by Gasteiger charge is 2.37. The van der Waals surface area contributed by atoms with Crippen molar-refractivity contribution >= 4 is 18.3 Å². The molecule has 2 heterocycles. The second-order valence-electron chi connectivity index (χ2n) is 6.93. The van der Waals surface area contributed by atoms with E-state index in [1.54, 1.807) is 4.90 Å². The van der Waals surface area contributed by atoms with Crippen LogP contribution >= 0.6 is 12.4 Å². The first kappa shape index (κ1) is 19.7. The Kier molecular flexibility index (Phi) is 5.49. The number of benzene rings is 2. The minimum atomic E-state index is -4.44. The molecule has 144 valence electrons. The number of carbonyl (C=O) groups is 1. The number of hydrogen-bond donors (Lipinski definition) is 0. The summed E-state index contributed by atoms with van der Waals surface area (Å²) in [4.78, 5) is 16.5. The molecular weight excluding hydrogens is 377 g/mol. The van der Waals surface area contributed by atoms with Gasteiger partial charge in [-0.05, 0) is 35.7 Å². The highest BCUT2D eigenvalue weighted by molar-refractivity contribution is 5.95. The summed E-state index contributed by atoms with van der Waals surface area (Å²) in [5.41, 5.74) is 2.01. The van der Waals surface area contributed by atoms with Gasteiger partial charge in [-0.2, -0.15) is 13.2 Å². The van der Waals surface area contributed by atoms with E-state index >= 15 is 0 Å². The number of fused-ring (bicyclic) bond motifs is 1. The van der Waals surface area contributed by atoms with Gasteiger partial charge < -0.3 is 4.90 Å². The maximum atomic E-state index is 12.8. The number of nitrogens with zero attached hydrogens (tertiary/aromatic N) is 2. The molecule has 2 aliphatic rings. The Balaban J connectivity index is 0.00000210. The Morgan fingerprint density at radius 1 is 1.00 bits per heavy atom. The molecule has 27 heavy (non-hydrogen) atoms. The Bertz CT molecular complexity index is 834. The predicted octanol–water partition coefficient (Wildman–Crippen LogP) is 4.01. The highest BCUT2D eigenvalue weighted by Crippen LogP contribution is 2.30. The van der Waals surface area contributed by atoms with Gasteiger partial charge in [0.25, 0.3) is 5.91 Å². The lowest BCUT2D eigenvalue weighted by molar-refractivity contribution is -0.137. The van der Waals surface area contributed by atoms with Crippen molar-refractivity contribution < 1.29 is 18.0 Å². The quantitative estimate of drug-likeness (QED) is 0.765. The second-order valence-corrected chi connectivity index (χ2v) is 6.93. The van der Waals surface area contributed by atoms with Gasteiger partial charge in [0.15, 0.2) is 0 Å². The molecule has 0 saturated carbocycles. The molecule has 0 unspecified atom stereocenters. The maximum Gasteiger partial charge on any atom is 0.416 e. The Hall–Kier alpha value is -2.05. The summed E-state index contributed by atoms with van der Waals surface area (Å²) in [6.07, 6.45) is -3.44. The van der Waals surface area contributed by atoms with Crippen molar-refractivity contribution in [1.29, 1.82) is 0 Å². The molecule has 1 saturated heterocycles. The van der Waals surface area contributed by atoms with Gasteiger partial charge >= 0.3 is 6.18 Å². The van der Waals surface area contributed by atoms with E-state index in [-0.39, 0.29) is 29.9 Å². The number of amides is 1. The van der Waals surface area contributed by atoms with E-state index in [4.69, 9.17) is 0 Å². The van der Waals surface area contributed by atoms with Crippen LogP contribution in [0.2, 0.25) is 0 Å². The molecule has 0 radical (unpaired) electrons. The molecule has 2 aliphatic heterocycles. The van der Waals surface area contributed by atoms with E-state index in [1.165, 1.54) is 23.3 Å². The summed E-state index contributed by atoms with van der Waals surface area (Å²) in [6.45, 7) is 2.95. The van der Waals surface area contributed by atoms with Crippen molar-refractivity contribution in [2.45, 2.75) is 25.2 Å².